The predicted molar refractivity (Wildman–Crippen MR) is 126 cm³/mol. The van der Waals surface area contributed by atoms with Crippen LogP contribution in [0.15, 0.2) is 36.4 Å². The van der Waals surface area contributed by atoms with E-state index in [0.717, 1.165) is 6.42 Å². The first-order valence-electron chi connectivity index (χ1n) is 11.1. The van der Waals surface area contributed by atoms with Crippen LogP contribution in [0.25, 0.3) is 0 Å². The van der Waals surface area contributed by atoms with Crippen molar-refractivity contribution >= 4 is 17.7 Å². The van der Waals surface area contributed by atoms with Crippen LogP contribution in [0, 0.1) is 5.92 Å². The largest absolute Gasteiger partial charge is 0.493 e. The lowest BCUT2D eigenvalue weighted by molar-refractivity contribution is -0.133. The zero-order valence-electron chi connectivity index (χ0n) is 20.0. The Kier molecular flexibility index (Phi) is 8.34. The summed E-state index contributed by atoms with van der Waals surface area (Å²) in [6.45, 7) is 3.12. The molecule has 2 aromatic rings. The number of hydrogen-bond acceptors (Lipinski definition) is 6. The Hall–Kier alpha value is -3.75. The number of hydrazine groups is 1. The van der Waals surface area contributed by atoms with Gasteiger partial charge in [-0.15, -0.1) is 0 Å². The highest BCUT2D eigenvalue weighted by atomic mass is 16.5. The second-order valence-corrected chi connectivity index (χ2v) is 8.26. The molecule has 3 amide bonds. The molecule has 1 atom stereocenters. The number of methoxy groups -OCH3 is 3. The molecule has 0 saturated carbocycles. The molecule has 3 rings (SSSR count). The van der Waals surface area contributed by atoms with E-state index in [2.05, 4.69) is 16.9 Å². The van der Waals surface area contributed by atoms with Gasteiger partial charge in [-0.05, 0) is 35.6 Å². The molecule has 0 aromatic heterocycles. The molecule has 0 fully saturated rings. The Morgan fingerprint density at radius 2 is 1.59 bits per heavy atom. The first kappa shape index (κ1) is 24.9. The molecule has 0 bridgehead atoms. The minimum absolute atomic E-state index is 0.0243. The molecule has 2 aromatic carbocycles. The predicted octanol–water partition coefficient (Wildman–Crippen LogP) is 2.47. The van der Waals surface area contributed by atoms with E-state index in [9.17, 15) is 14.4 Å². The van der Waals surface area contributed by atoms with Gasteiger partial charge in [0.15, 0.2) is 11.5 Å². The first-order valence-corrected chi connectivity index (χ1v) is 11.1. The van der Waals surface area contributed by atoms with Gasteiger partial charge in [-0.3, -0.25) is 25.2 Å². The fourth-order valence-electron chi connectivity index (χ4n) is 3.99. The Morgan fingerprint density at radius 3 is 2.21 bits per heavy atom. The number of carbonyl (C=O) groups excluding carboxylic acids is 3. The lowest BCUT2D eigenvalue weighted by atomic mass is 9.98. The van der Waals surface area contributed by atoms with Crippen molar-refractivity contribution in [2.45, 2.75) is 32.7 Å². The topological polar surface area (TPSA) is 106 Å². The third-order valence-corrected chi connectivity index (χ3v) is 5.78. The maximum atomic E-state index is 12.7. The van der Waals surface area contributed by atoms with Crippen molar-refractivity contribution in [1.29, 1.82) is 0 Å². The number of amides is 3. The molecule has 1 aliphatic heterocycles. The van der Waals surface area contributed by atoms with Crippen LogP contribution < -0.4 is 25.1 Å². The van der Waals surface area contributed by atoms with E-state index in [0.29, 0.717) is 30.3 Å². The number of rotatable bonds is 8. The highest BCUT2D eigenvalue weighted by molar-refractivity contribution is 5.96. The summed E-state index contributed by atoms with van der Waals surface area (Å²) >= 11 is 0. The molecule has 1 unspecified atom stereocenters. The van der Waals surface area contributed by atoms with Gasteiger partial charge in [0.05, 0.1) is 21.3 Å². The van der Waals surface area contributed by atoms with Crippen molar-refractivity contribution in [3.05, 3.63) is 53.1 Å². The van der Waals surface area contributed by atoms with Crippen LogP contribution >= 0.6 is 0 Å². The maximum absolute atomic E-state index is 12.7. The smallest absolute Gasteiger partial charge is 0.269 e. The van der Waals surface area contributed by atoms with Gasteiger partial charge in [0, 0.05) is 31.5 Å². The Bertz CT molecular complexity index is 1030. The van der Waals surface area contributed by atoms with Gasteiger partial charge in [0.1, 0.15) is 0 Å². The Balaban J connectivity index is 1.49. The van der Waals surface area contributed by atoms with E-state index >= 15 is 0 Å². The third kappa shape index (κ3) is 5.98. The molecule has 9 nitrogen and oxygen atoms in total. The zero-order chi connectivity index (χ0) is 24.7. The minimum Gasteiger partial charge on any atom is -0.493 e. The van der Waals surface area contributed by atoms with Crippen molar-refractivity contribution in [2.24, 2.45) is 5.92 Å². The molecule has 0 saturated heterocycles. The summed E-state index contributed by atoms with van der Waals surface area (Å²) < 4.78 is 15.7. The van der Waals surface area contributed by atoms with E-state index in [1.165, 1.54) is 44.6 Å². The van der Waals surface area contributed by atoms with Gasteiger partial charge in [0.2, 0.25) is 17.6 Å². The van der Waals surface area contributed by atoms with E-state index < -0.39 is 5.91 Å². The average molecular weight is 470 g/mol. The number of nitrogens with one attached hydrogen (secondary N) is 2. The van der Waals surface area contributed by atoms with Crippen LogP contribution in [0.4, 0.5) is 0 Å². The molecule has 0 aliphatic carbocycles. The van der Waals surface area contributed by atoms with Gasteiger partial charge in [-0.25, -0.2) is 0 Å². The highest BCUT2D eigenvalue weighted by Gasteiger charge is 2.23. The maximum Gasteiger partial charge on any atom is 0.269 e. The number of benzene rings is 2. The summed E-state index contributed by atoms with van der Waals surface area (Å²) in [6, 6.07) is 11.1. The lowest BCUT2D eigenvalue weighted by Crippen LogP contribution is -2.42. The van der Waals surface area contributed by atoms with Crippen LogP contribution in [-0.4, -0.2) is 50.5 Å². The van der Waals surface area contributed by atoms with Crippen molar-refractivity contribution in [3.8, 4) is 17.2 Å². The summed E-state index contributed by atoms with van der Waals surface area (Å²) in [7, 11) is 4.37. The summed E-state index contributed by atoms with van der Waals surface area (Å²) in [5, 5.41) is 0. The Morgan fingerprint density at radius 1 is 0.941 bits per heavy atom. The molecule has 0 spiro atoms. The standard InChI is InChI=1S/C25H31N3O6/c1-16(12-23(30)28-10-9-17-7-5-6-8-18(17)15-28)11-22(29)26-27-25(31)19-13-20(32-2)24(34-4)21(14-19)33-3/h5-8,13-14,16H,9-12,15H2,1-4H3,(H,26,29)(H,27,31). The molecule has 1 heterocycles. The summed E-state index contributed by atoms with van der Waals surface area (Å²) in [6.07, 6.45) is 1.20. The van der Waals surface area contributed by atoms with Crippen molar-refractivity contribution in [3.63, 3.8) is 0 Å². The summed E-state index contributed by atoms with van der Waals surface area (Å²) in [5.74, 6) is -0.0646. The average Bonchev–Trinajstić information content (AvgIpc) is 2.85. The quantitative estimate of drug-likeness (QED) is 0.576. The van der Waals surface area contributed by atoms with Crippen molar-refractivity contribution in [2.75, 3.05) is 27.9 Å². The molecular weight excluding hydrogens is 438 g/mol. The van der Waals surface area contributed by atoms with Crippen LogP contribution in [0.3, 0.4) is 0 Å². The summed E-state index contributed by atoms with van der Waals surface area (Å²) in [4.78, 5) is 39.4. The number of hydrogen-bond donors (Lipinski definition) is 2. The molecule has 9 heteroatoms. The molecule has 182 valence electrons. The van der Waals surface area contributed by atoms with Gasteiger partial charge >= 0.3 is 0 Å². The number of carbonyl (C=O) groups is 3. The van der Waals surface area contributed by atoms with Crippen LogP contribution in [0.2, 0.25) is 0 Å². The fraction of sp³-hybridized carbons (Fsp3) is 0.400. The molecule has 1 aliphatic rings. The number of nitrogens with zero attached hydrogens (tertiary/aromatic N) is 1. The number of fused-ring (bicyclic) bond motifs is 1. The van der Waals surface area contributed by atoms with Gasteiger partial charge in [-0.1, -0.05) is 31.2 Å². The first-order chi connectivity index (χ1) is 16.4. The van der Waals surface area contributed by atoms with Crippen molar-refractivity contribution < 1.29 is 28.6 Å². The minimum atomic E-state index is -0.539. The number of ether oxygens (including phenoxy) is 3. The van der Waals surface area contributed by atoms with Crippen LogP contribution in [0.1, 0.15) is 41.3 Å². The second-order valence-electron chi connectivity index (χ2n) is 8.26. The zero-order valence-corrected chi connectivity index (χ0v) is 20.0. The SMILES string of the molecule is COc1cc(C(=O)NNC(=O)CC(C)CC(=O)N2CCc3ccccc3C2)cc(OC)c1OC. The van der Waals surface area contributed by atoms with Gasteiger partial charge < -0.3 is 19.1 Å². The molecule has 0 radical (unpaired) electrons. The monoisotopic (exact) mass is 469 g/mol. The van der Waals surface area contributed by atoms with E-state index in [1.807, 2.05) is 30.0 Å². The Labute approximate surface area is 199 Å². The highest BCUT2D eigenvalue weighted by Crippen LogP contribution is 2.38. The van der Waals surface area contributed by atoms with E-state index in [-0.39, 0.29) is 36.1 Å². The summed E-state index contributed by atoms with van der Waals surface area (Å²) in [5.41, 5.74) is 7.46. The second kappa shape index (κ2) is 11.4. The van der Waals surface area contributed by atoms with E-state index in [1.54, 1.807) is 0 Å². The van der Waals surface area contributed by atoms with Gasteiger partial charge in [-0.2, -0.15) is 0 Å². The molecular formula is C25H31N3O6. The molecule has 34 heavy (non-hydrogen) atoms. The van der Waals surface area contributed by atoms with E-state index in [4.69, 9.17) is 14.2 Å². The fourth-order valence-corrected chi connectivity index (χ4v) is 3.99. The van der Waals surface area contributed by atoms with Crippen molar-refractivity contribution in [1.82, 2.24) is 15.8 Å². The van der Waals surface area contributed by atoms with Crippen LogP contribution in [0.5, 0.6) is 17.2 Å². The third-order valence-electron chi connectivity index (χ3n) is 5.78. The molecule has 2 N–H and O–H groups in total. The van der Waals surface area contributed by atoms with Gasteiger partial charge in [0.25, 0.3) is 5.91 Å². The lowest BCUT2D eigenvalue weighted by Gasteiger charge is -2.29. The van der Waals surface area contributed by atoms with Crippen LogP contribution in [-0.2, 0) is 22.6 Å². The normalized spacial score (nSPS) is 13.4.